The molecular formula is C23H22FN3O4. The van der Waals surface area contributed by atoms with Gasteiger partial charge in [-0.05, 0) is 61.2 Å². The van der Waals surface area contributed by atoms with Crippen LogP contribution in [0.4, 0.5) is 15.9 Å². The molecule has 2 heterocycles. The first-order valence-corrected chi connectivity index (χ1v) is 10.0. The van der Waals surface area contributed by atoms with Crippen LogP contribution in [0.5, 0.6) is 11.6 Å². The summed E-state index contributed by atoms with van der Waals surface area (Å²) in [4.78, 5) is 22.1. The lowest BCUT2D eigenvalue weighted by atomic mass is 9.96. The van der Waals surface area contributed by atoms with E-state index in [4.69, 9.17) is 9.47 Å². The predicted molar refractivity (Wildman–Crippen MR) is 113 cm³/mol. The van der Waals surface area contributed by atoms with E-state index in [0.29, 0.717) is 18.1 Å². The number of anilines is 2. The summed E-state index contributed by atoms with van der Waals surface area (Å²) in [6.45, 7) is -0.585. The third-order valence-corrected chi connectivity index (χ3v) is 5.10. The van der Waals surface area contributed by atoms with Crippen LogP contribution in [-0.2, 0) is 6.54 Å². The highest BCUT2D eigenvalue weighted by Crippen LogP contribution is 2.35. The second kappa shape index (κ2) is 9.42. The van der Waals surface area contributed by atoms with Crippen LogP contribution in [0.3, 0.4) is 0 Å². The van der Waals surface area contributed by atoms with Gasteiger partial charge in [-0.1, -0.05) is 12.1 Å². The molecule has 31 heavy (non-hydrogen) atoms. The number of benzene rings is 1. The molecule has 1 saturated carbocycles. The second-order valence-electron chi connectivity index (χ2n) is 7.20. The van der Waals surface area contributed by atoms with Crippen LogP contribution in [0, 0.1) is 0 Å². The standard InChI is InChI=1S/C23H22FN3O4/c24-15-30-20-9-10-21(26-22(20)31-19-7-2-8-19)27(14-16-4-3-11-25-13-16)18-6-1-5-17(12-18)23(28)29/h1,3-6,9-13,19H,2,7-8,14-15H2,(H,28,29). The number of pyridine rings is 2. The van der Waals surface area contributed by atoms with Crippen LogP contribution in [0.2, 0.25) is 0 Å². The lowest BCUT2D eigenvalue weighted by Gasteiger charge is -2.28. The van der Waals surface area contributed by atoms with Gasteiger partial charge in [0.15, 0.2) is 5.75 Å². The summed E-state index contributed by atoms with van der Waals surface area (Å²) < 4.78 is 23.8. The minimum Gasteiger partial charge on any atom is -0.478 e. The number of hydrogen-bond acceptors (Lipinski definition) is 6. The molecule has 1 fully saturated rings. The molecule has 0 radical (unpaired) electrons. The molecule has 7 nitrogen and oxygen atoms in total. The van der Waals surface area contributed by atoms with Crippen LogP contribution in [0.25, 0.3) is 0 Å². The fourth-order valence-corrected chi connectivity index (χ4v) is 3.25. The van der Waals surface area contributed by atoms with Gasteiger partial charge in [-0.25, -0.2) is 9.18 Å². The topological polar surface area (TPSA) is 84.8 Å². The average Bonchev–Trinajstić information content (AvgIpc) is 2.76. The molecule has 1 aromatic carbocycles. The maximum absolute atomic E-state index is 12.8. The van der Waals surface area contributed by atoms with Crippen molar-refractivity contribution in [2.24, 2.45) is 0 Å². The second-order valence-corrected chi connectivity index (χ2v) is 7.20. The molecule has 0 unspecified atom stereocenters. The van der Waals surface area contributed by atoms with E-state index < -0.39 is 12.8 Å². The number of nitrogens with zero attached hydrogens (tertiary/aromatic N) is 3. The molecule has 2 aromatic heterocycles. The van der Waals surface area contributed by atoms with Crippen molar-refractivity contribution < 1.29 is 23.8 Å². The third kappa shape index (κ3) is 4.91. The SMILES string of the molecule is O=C(O)c1cccc(N(Cc2cccnc2)c2ccc(OCF)c(OC3CCC3)n2)c1. The molecule has 4 rings (SSSR count). The highest BCUT2D eigenvalue weighted by Gasteiger charge is 2.23. The number of ether oxygens (including phenoxy) is 2. The fraction of sp³-hybridized carbons (Fsp3) is 0.261. The van der Waals surface area contributed by atoms with E-state index in [-0.39, 0.29) is 23.3 Å². The minimum absolute atomic E-state index is 0.0341. The van der Waals surface area contributed by atoms with Gasteiger partial charge in [0.05, 0.1) is 12.1 Å². The zero-order chi connectivity index (χ0) is 21.6. The summed E-state index contributed by atoms with van der Waals surface area (Å²) in [7, 11) is 0. The van der Waals surface area contributed by atoms with E-state index in [1.807, 2.05) is 23.1 Å². The number of aromatic carboxylic acids is 1. The summed E-state index contributed by atoms with van der Waals surface area (Å²) in [6, 6.07) is 13.7. The van der Waals surface area contributed by atoms with E-state index in [9.17, 15) is 14.3 Å². The smallest absolute Gasteiger partial charge is 0.335 e. The Labute approximate surface area is 179 Å². The molecule has 3 aromatic rings. The first-order chi connectivity index (χ1) is 15.1. The highest BCUT2D eigenvalue weighted by atomic mass is 19.1. The maximum Gasteiger partial charge on any atom is 0.335 e. The lowest BCUT2D eigenvalue weighted by Crippen LogP contribution is -2.26. The quantitative estimate of drug-likeness (QED) is 0.532. The molecule has 160 valence electrons. The minimum atomic E-state index is -1.02. The van der Waals surface area contributed by atoms with Crippen molar-refractivity contribution >= 4 is 17.5 Å². The third-order valence-electron chi connectivity index (χ3n) is 5.10. The van der Waals surface area contributed by atoms with Crippen molar-refractivity contribution in [2.75, 3.05) is 11.8 Å². The summed E-state index contributed by atoms with van der Waals surface area (Å²) >= 11 is 0. The molecular weight excluding hydrogens is 401 g/mol. The molecule has 1 aliphatic carbocycles. The number of carbonyl (C=O) groups is 1. The maximum atomic E-state index is 12.8. The number of carboxylic acid groups (broad SMARTS) is 1. The Bertz CT molecular complexity index is 1040. The van der Waals surface area contributed by atoms with Crippen LogP contribution in [-0.4, -0.2) is 34.0 Å². The van der Waals surface area contributed by atoms with E-state index >= 15 is 0 Å². The van der Waals surface area contributed by atoms with Crippen LogP contribution >= 0.6 is 0 Å². The van der Waals surface area contributed by atoms with E-state index in [2.05, 4.69) is 9.97 Å². The fourth-order valence-electron chi connectivity index (χ4n) is 3.25. The van der Waals surface area contributed by atoms with Crippen molar-refractivity contribution in [3.8, 4) is 11.6 Å². The van der Waals surface area contributed by atoms with Gasteiger partial charge in [-0.2, -0.15) is 4.98 Å². The predicted octanol–water partition coefficient (Wildman–Crippen LogP) is 4.75. The molecule has 0 bridgehead atoms. The number of carboxylic acids is 1. The largest absolute Gasteiger partial charge is 0.478 e. The van der Waals surface area contributed by atoms with Gasteiger partial charge in [-0.15, -0.1) is 0 Å². The van der Waals surface area contributed by atoms with Crippen LogP contribution in [0.1, 0.15) is 35.2 Å². The van der Waals surface area contributed by atoms with Crippen molar-refractivity contribution in [2.45, 2.75) is 31.9 Å². The molecule has 0 spiro atoms. The van der Waals surface area contributed by atoms with Crippen LogP contribution < -0.4 is 14.4 Å². The molecule has 1 N–H and O–H groups in total. The molecule has 0 amide bonds. The summed E-state index contributed by atoms with van der Waals surface area (Å²) in [6.07, 6.45) is 6.37. The number of hydrogen-bond donors (Lipinski definition) is 1. The summed E-state index contributed by atoms with van der Waals surface area (Å²) in [5.41, 5.74) is 1.72. The number of alkyl halides is 1. The van der Waals surface area contributed by atoms with Crippen molar-refractivity contribution in [1.82, 2.24) is 9.97 Å². The monoisotopic (exact) mass is 423 g/mol. The first-order valence-electron chi connectivity index (χ1n) is 10.0. The van der Waals surface area contributed by atoms with Gasteiger partial charge in [0.25, 0.3) is 5.88 Å². The van der Waals surface area contributed by atoms with Gasteiger partial charge in [0.1, 0.15) is 11.9 Å². The van der Waals surface area contributed by atoms with E-state index in [1.54, 1.807) is 36.7 Å². The number of halogens is 1. The van der Waals surface area contributed by atoms with Gasteiger partial charge in [0, 0.05) is 18.1 Å². The lowest BCUT2D eigenvalue weighted by molar-refractivity contribution is 0.0697. The normalized spacial score (nSPS) is 13.3. The Morgan fingerprint density at radius 3 is 2.74 bits per heavy atom. The molecule has 0 atom stereocenters. The van der Waals surface area contributed by atoms with Crippen LogP contribution in [0.15, 0.2) is 60.9 Å². The van der Waals surface area contributed by atoms with Crippen molar-refractivity contribution in [3.05, 3.63) is 72.1 Å². The Kier molecular flexibility index (Phi) is 6.26. The Morgan fingerprint density at radius 1 is 1.19 bits per heavy atom. The van der Waals surface area contributed by atoms with Crippen molar-refractivity contribution in [1.29, 1.82) is 0 Å². The van der Waals surface area contributed by atoms with Gasteiger partial charge in [-0.3, -0.25) is 4.98 Å². The first kappa shape index (κ1) is 20.6. The van der Waals surface area contributed by atoms with Gasteiger partial charge in [0.2, 0.25) is 6.86 Å². The number of aromatic nitrogens is 2. The zero-order valence-electron chi connectivity index (χ0n) is 16.8. The molecule has 0 saturated heterocycles. The van der Waals surface area contributed by atoms with Gasteiger partial charge >= 0.3 is 5.97 Å². The molecule has 8 heteroatoms. The van der Waals surface area contributed by atoms with E-state index in [0.717, 1.165) is 24.8 Å². The molecule has 0 aliphatic heterocycles. The van der Waals surface area contributed by atoms with Gasteiger partial charge < -0.3 is 19.5 Å². The Balaban J connectivity index is 1.74. The van der Waals surface area contributed by atoms with E-state index in [1.165, 1.54) is 6.07 Å². The Morgan fingerprint density at radius 2 is 2.06 bits per heavy atom. The summed E-state index contributed by atoms with van der Waals surface area (Å²) in [5.74, 6) is -0.0343. The Hall–Kier alpha value is -3.68. The number of rotatable bonds is 9. The van der Waals surface area contributed by atoms with Crippen molar-refractivity contribution in [3.63, 3.8) is 0 Å². The highest BCUT2D eigenvalue weighted by molar-refractivity contribution is 5.89. The molecule has 1 aliphatic rings. The zero-order valence-corrected chi connectivity index (χ0v) is 16.8. The summed E-state index contributed by atoms with van der Waals surface area (Å²) in [5, 5.41) is 9.41. The average molecular weight is 423 g/mol.